The number of hydrogen-bond donors (Lipinski definition) is 0. The fourth-order valence-corrected chi connectivity index (χ4v) is 1.87. The Labute approximate surface area is 97.0 Å². The van der Waals surface area contributed by atoms with Gasteiger partial charge in [-0.25, -0.2) is 0 Å². The predicted octanol–water partition coefficient (Wildman–Crippen LogP) is 3.00. The van der Waals surface area contributed by atoms with E-state index in [0.717, 1.165) is 6.54 Å². The zero-order valence-electron chi connectivity index (χ0n) is 8.32. The Bertz CT molecular complexity index is 442. The van der Waals surface area contributed by atoms with Crippen LogP contribution in [0.3, 0.4) is 0 Å². The lowest BCUT2D eigenvalue weighted by Crippen LogP contribution is -2.04. The maximum atomic E-state index is 11.1. The molecule has 0 atom stereocenters. The number of ketones is 1. The molecule has 0 aliphatic rings. The van der Waals surface area contributed by atoms with Crippen molar-refractivity contribution in [2.75, 3.05) is 5.33 Å². The van der Waals surface area contributed by atoms with E-state index in [9.17, 15) is 4.79 Å². The molecule has 15 heavy (non-hydrogen) atoms. The molecule has 1 aromatic carbocycles. The minimum Gasteiger partial charge on any atom is -0.353 e. The van der Waals surface area contributed by atoms with Gasteiger partial charge in [0.05, 0.1) is 5.33 Å². The van der Waals surface area contributed by atoms with E-state index in [1.165, 1.54) is 10.8 Å². The van der Waals surface area contributed by atoms with Crippen molar-refractivity contribution in [1.29, 1.82) is 0 Å². The minimum absolute atomic E-state index is 0.243. The highest BCUT2D eigenvalue weighted by Gasteiger charge is 2.01. The Balaban J connectivity index is 2.12. The van der Waals surface area contributed by atoms with Crippen LogP contribution < -0.4 is 0 Å². The molecule has 78 valence electrons. The first-order valence-corrected chi connectivity index (χ1v) is 6.04. The average molecular weight is 266 g/mol. The number of rotatable bonds is 4. The summed E-state index contributed by atoms with van der Waals surface area (Å²) in [6.45, 7) is 0.763. The number of aromatic nitrogens is 1. The molecule has 0 saturated carbocycles. The summed E-state index contributed by atoms with van der Waals surface area (Å²) in [5.74, 6) is 0.243. The standard InChI is InChI=1S/C12H12BrNO/c13-7-12(15)5-6-14-8-10-3-1-2-4-11(10)9-14/h1-4,8-9H,5-7H2. The molecule has 1 heterocycles. The molecule has 0 bridgehead atoms. The molecule has 1 aromatic heterocycles. The van der Waals surface area contributed by atoms with E-state index in [1.807, 2.05) is 12.1 Å². The van der Waals surface area contributed by atoms with Gasteiger partial charge >= 0.3 is 0 Å². The molecule has 0 radical (unpaired) electrons. The summed E-state index contributed by atoms with van der Waals surface area (Å²) in [5.41, 5.74) is 0. The molecular weight excluding hydrogens is 254 g/mol. The van der Waals surface area contributed by atoms with Crippen molar-refractivity contribution < 1.29 is 4.79 Å². The topological polar surface area (TPSA) is 22.0 Å². The van der Waals surface area contributed by atoms with Crippen LogP contribution in [0.4, 0.5) is 0 Å². The molecule has 2 aromatic rings. The summed E-state index contributed by atoms with van der Waals surface area (Å²) >= 11 is 3.16. The average Bonchev–Trinajstić information content (AvgIpc) is 2.68. The van der Waals surface area contributed by atoms with Crippen LogP contribution in [0, 0.1) is 0 Å². The van der Waals surface area contributed by atoms with Gasteiger partial charge in [0.25, 0.3) is 0 Å². The third-order valence-corrected chi connectivity index (χ3v) is 3.03. The number of benzene rings is 1. The maximum absolute atomic E-state index is 11.1. The van der Waals surface area contributed by atoms with Crippen molar-refractivity contribution in [3.8, 4) is 0 Å². The number of halogens is 1. The fraction of sp³-hybridized carbons (Fsp3) is 0.250. The van der Waals surface area contributed by atoms with Gasteiger partial charge in [-0.05, 0) is 10.8 Å². The van der Waals surface area contributed by atoms with Gasteiger partial charge in [-0.15, -0.1) is 0 Å². The van der Waals surface area contributed by atoms with Gasteiger partial charge in [0, 0.05) is 25.4 Å². The van der Waals surface area contributed by atoms with Crippen LogP contribution in [0.1, 0.15) is 6.42 Å². The summed E-state index contributed by atoms with van der Waals surface area (Å²) in [6.07, 6.45) is 4.75. The number of nitrogens with zero attached hydrogens (tertiary/aromatic N) is 1. The number of aryl methyl sites for hydroxylation is 1. The van der Waals surface area contributed by atoms with Crippen LogP contribution in [0.2, 0.25) is 0 Å². The second kappa shape index (κ2) is 4.62. The van der Waals surface area contributed by atoms with Gasteiger partial charge in [-0.2, -0.15) is 0 Å². The lowest BCUT2D eigenvalue weighted by molar-refractivity contribution is -0.116. The smallest absolute Gasteiger partial charge is 0.145 e. The zero-order valence-corrected chi connectivity index (χ0v) is 9.90. The fourth-order valence-electron chi connectivity index (χ4n) is 1.59. The first-order chi connectivity index (χ1) is 7.29. The third-order valence-electron chi connectivity index (χ3n) is 2.40. The van der Waals surface area contributed by atoms with Crippen molar-refractivity contribution in [2.24, 2.45) is 0 Å². The predicted molar refractivity (Wildman–Crippen MR) is 65.4 cm³/mol. The summed E-state index contributed by atoms with van der Waals surface area (Å²) in [7, 11) is 0. The molecule has 0 spiro atoms. The molecule has 2 rings (SSSR count). The summed E-state index contributed by atoms with van der Waals surface area (Å²) in [6, 6.07) is 8.21. The van der Waals surface area contributed by atoms with Crippen molar-refractivity contribution in [2.45, 2.75) is 13.0 Å². The van der Waals surface area contributed by atoms with Crippen molar-refractivity contribution in [1.82, 2.24) is 4.57 Å². The minimum atomic E-state index is 0.243. The second-order valence-electron chi connectivity index (χ2n) is 3.55. The van der Waals surface area contributed by atoms with E-state index in [1.54, 1.807) is 0 Å². The molecule has 2 nitrogen and oxygen atoms in total. The molecule has 0 aliphatic heterocycles. The normalized spacial score (nSPS) is 10.7. The third kappa shape index (κ3) is 2.48. The van der Waals surface area contributed by atoms with Crippen LogP contribution in [0.15, 0.2) is 36.7 Å². The van der Waals surface area contributed by atoms with Crippen molar-refractivity contribution >= 4 is 32.5 Å². The van der Waals surface area contributed by atoms with Crippen LogP contribution in [-0.2, 0) is 11.3 Å². The lowest BCUT2D eigenvalue weighted by atomic mass is 10.2. The Kier molecular flexibility index (Phi) is 3.21. The van der Waals surface area contributed by atoms with Gasteiger partial charge in [0.2, 0.25) is 0 Å². The van der Waals surface area contributed by atoms with E-state index < -0.39 is 0 Å². The zero-order chi connectivity index (χ0) is 10.7. The molecule has 3 heteroatoms. The van der Waals surface area contributed by atoms with E-state index in [-0.39, 0.29) is 5.78 Å². The van der Waals surface area contributed by atoms with Crippen LogP contribution in [0.25, 0.3) is 10.8 Å². The van der Waals surface area contributed by atoms with Gasteiger partial charge in [0.15, 0.2) is 0 Å². The van der Waals surface area contributed by atoms with Crippen LogP contribution in [0.5, 0.6) is 0 Å². The second-order valence-corrected chi connectivity index (χ2v) is 4.11. The SMILES string of the molecule is O=C(CBr)CCn1cc2ccccc2c1. The molecule has 0 unspecified atom stereocenters. The molecular formula is C12H12BrNO. The van der Waals surface area contributed by atoms with Gasteiger partial charge in [0.1, 0.15) is 5.78 Å². The highest BCUT2D eigenvalue weighted by molar-refractivity contribution is 9.09. The molecule has 0 fully saturated rings. The largest absolute Gasteiger partial charge is 0.353 e. The number of hydrogen-bond acceptors (Lipinski definition) is 1. The quantitative estimate of drug-likeness (QED) is 0.780. The summed E-state index contributed by atoms with van der Waals surface area (Å²) in [4.78, 5) is 11.1. The van der Waals surface area contributed by atoms with Crippen LogP contribution >= 0.6 is 15.9 Å². The van der Waals surface area contributed by atoms with Crippen molar-refractivity contribution in [3.05, 3.63) is 36.7 Å². The van der Waals surface area contributed by atoms with Gasteiger partial charge in [-0.1, -0.05) is 40.2 Å². The van der Waals surface area contributed by atoms with E-state index in [0.29, 0.717) is 11.8 Å². The summed E-state index contributed by atoms with van der Waals surface area (Å²) < 4.78 is 2.07. The molecule has 0 saturated heterocycles. The van der Waals surface area contributed by atoms with Crippen molar-refractivity contribution in [3.63, 3.8) is 0 Å². The lowest BCUT2D eigenvalue weighted by Gasteiger charge is -1.99. The monoisotopic (exact) mass is 265 g/mol. The van der Waals surface area contributed by atoms with Crippen LogP contribution in [-0.4, -0.2) is 15.7 Å². The van der Waals surface area contributed by atoms with Gasteiger partial charge < -0.3 is 4.57 Å². The Morgan fingerprint density at radius 1 is 1.20 bits per heavy atom. The van der Waals surface area contributed by atoms with E-state index >= 15 is 0 Å². The maximum Gasteiger partial charge on any atom is 0.145 e. The Hall–Kier alpha value is -1.09. The molecule has 0 aliphatic carbocycles. The molecule has 0 N–H and O–H groups in total. The van der Waals surface area contributed by atoms with E-state index in [4.69, 9.17) is 0 Å². The number of alkyl halides is 1. The Morgan fingerprint density at radius 2 is 1.80 bits per heavy atom. The highest BCUT2D eigenvalue weighted by Crippen LogP contribution is 2.14. The first kappa shape index (κ1) is 10.4. The molecule has 0 amide bonds. The number of carbonyl (C=O) groups is 1. The van der Waals surface area contributed by atoms with E-state index in [2.05, 4.69) is 45.0 Å². The summed E-state index contributed by atoms with van der Waals surface area (Å²) in [5, 5.41) is 2.90. The Morgan fingerprint density at radius 3 is 2.33 bits per heavy atom. The van der Waals surface area contributed by atoms with Gasteiger partial charge in [-0.3, -0.25) is 4.79 Å². The first-order valence-electron chi connectivity index (χ1n) is 4.92. The number of carbonyl (C=O) groups excluding carboxylic acids is 1. The highest BCUT2D eigenvalue weighted by atomic mass is 79.9. The number of fused-ring (bicyclic) bond motifs is 1. The number of Topliss-reactive ketones (excluding diaryl/α,β-unsaturated/α-hetero) is 1.